The third kappa shape index (κ3) is 2.53. The van der Waals surface area contributed by atoms with Crippen LogP contribution in [0.3, 0.4) is 0 Å². The highest BCUT2D eigenvalue weighted by Crippen LogP contribution is 2.28. The molecule has 0 aliphatic heterocycles. The lowest BCUT2D eigenvalue weighted by atomic mass is 10.4. The molecule has 1 saturated carbocycles. The Kier molecular flexibility index (Phi) is 2.98. The number of hydrogen-bond acceptors (Lipinski definition) is 3. The van der Waals surface area contributed by atoms with Crippen molar-refractivity contribution < 1.29 is 0 Å². The minimum atomic E-state index is 0.780. The molecule has 0 amide bonds. The first kappa shape index (κ1) is 9.19. The zero-order valence-corrected chi connectivity index (χ0v) is 8.59. The molecule has 72 valence electrons. The molecule has 3 heteroatoms. The van der Waals surface area contributed by atoms with Crippen LogP contribution in [0.15, 0.2) is 17.5 Å². The second-order valence-corrected chi connectivity index (χ2v) is 4.60. The monoisotopic (exact) mass is 196 g/mol. The number of hydrogen-bond donors (Lipinski definition) is 1. The van der Waals surface area contributed by atoms with E-state index in [1.807, 2.05) is 11.3 Å². The quantitative estimate of drug-likeness (QED) is 0.776. The van der Waals surface area contributed by atoms with E-state index in [-0.39, 0.29) is 0 Å². The third-order valence-electron chi connectivity index (χ3n) is 2.42. The van der Waals surface area contributed by atoms with Crippen LogP contribution in [0.4, 0.5) is 0 Å². The zero-order valence-electron chi connectivity index (χ0n) is 7.78. The molecular weight excluding hydrogens is 180 g/mol. The Labute approximate surface area is 83.4 Å². The van der Waals surface area contributed by atoms with Crippen LogP contribution in [-0.4, -0.2) is 24.0 Å². The van der Waals surface area contributed by atoms with Gasteiger partial charge in [-0.1, -0.05) is 6.07 Å². The Morgan fingerprint density at radius 1 is 1.54 bits per heavy atom. The van der Waals surface area contributed by atoms with Crippen molar-refractivity contribution >= 4 is 11.3 Å². The molecule has 2 N–H and O–H groups in total. The summed E-state index contributed by atoms with van der Waals surface area (Å²) in [5, 5.41) is 2.14. The lowest BCUT2D eigenvalue weighted by molar-refractivity contribution is 0.264. The molecule has 1 aliphatic carbocycles. The largest absolute Gasteiger partial charge is 0.329 e. The smallest absolute Gasteiger partial charge is 0.0331 e. The average molecular weight is 196 g/mol. The van der Waals surface area contributed by atoms with Crippen molar-refractivity contribution in [1.82, 2.24) is 4.90 Å². The van der Waals surface area contributed by atoms with Gasteiger partial charge in [-0.2, -0.15) is 0 Å². The van der Waals surface area contributed by atoms with Crippen LogP contribution < -0.4 is 5.73 Å². The molecule has 0 aromatic carbocycles. The number of thiophene rings is 1. The van der Waals surface area contributed by atoms with E-state index >= 15 is 0 Å². The van der Waals surface area contributed by atoms with E-state index in [1.54, 1.807) is 0 Å². The molecule has 0 radical (unpaired) electrons. The summed E-state index contributed by atoms with van der Waals surface area (Å²) in [6.07, 6.45) is 2.73. The summed E-state index contributed by atoms with van der Waals surface area (Å²) in [5.41, 5.74) is 5.59. The molecule has 0 bridgehead atoms. The standard InChI is InChI=1S/C10H16N2S/c11-5-6-12(9-3-4-9)8-10-2-1-7-13-10/h1-2,7,9H,3-6,8,11H2. The van der Waals surface area contributed by atoms with Crippen LogP contribution in [-0.2, 0) is 6.54 Å². The molecule has 2 rings (SSSR count). The van der Waals surface area contributed by atoms with Crippen molar-refractivity contribution in [2.24, 2.45) is 5.73 Å². The van der Waals surface area contributed by atoms with Gasteiger partial charge in [-0.05, 0) is 24.3 Å². The first-order valence-electron chi connectivity index (χ1n) is 4.86. The summed E-state index contributed by atoms with van der Waals surface area (Å²) >= 11 is 1.84. The molecule has 1 aromatic heterocycles. The minimum Gasteiger partial charge on any atom is -0.329 e. The fourth-order valence-electron chi connectivity index (χ4n) is 1.60. The fourth-order valence-corrected chi connectivity index (χ4v) is 2.33. The molecule has 13 heavy (non-hydrogen) atoms. The summed E-state index contributed by atoms with van der Waals surface area (Å²) < 4.78 is 0. The van der Waals surface area contributed by atoms with Crippen molar-refractivity contribution in [3.8, 4) is 0 Å². The predicted octanol–water partition coefficient (Wildman–Crippen LogP) is 1.67. The third-order valence-corrected chi connectivity index (χ3v) is 3.28. The Morgan fingerprint density at radius 3 is 2.92 bits per heavy atom. The van der Waals surface area contributed by atoms with Crippen LogP contribution in [0.25, 0.3) is 0 Å². The molecule has 1 aromatic rings. The summed E-state index contributed by atoms with van der Waals surface area (Å²) in [7, 11) is 0. The maximum absolute atomic E-state index is 5.59. The van der Waals surface area contributed by atoms with Gasteiger partial charge < -0.3 is 5.73 Å². The minimum absolute atomic E-state index is 0.780. The molecule has 0 unspecified atom stereocenters. The molecule has 0 atom stereocenters. The van der Waals surface area contributed by atoms with Gasteiger partial charge in [0.1, 0.15) is 0 Å². The van der Waals surface area contributed by atoms with Crippen molar-refractivity contribution in [2.75, 3.05) is 13.1 Å². The molecule has 1 heterocycles. The second-order valence-electron chi connectivity index (χ2n) is 3.57. The molecule has 2 nitrogen and oxygen atoms in total. The number of rotatable bonds is 5. The predicted molar refractivity (Wildman–Crippen MR) is 56.8 cm³/mol. The van der Waals surface area contributed by atoms with E-state index < -0.39 is 0 Å². The number of nitrogens with two attached hydrogens (primary N) is 1. The summed E-state index contributed by atoms with van der Waals surface area (Å²) in [4.78, 5) is 3.96. The first-order valence-corrected chi connectivity index (χ1v) is 5.74. The second kappa shape index (κ2) is 4.22. The van der Waals surface area contributed by atoms with Gasteiger partial charge in [0.25, 0.3) is 0 Å². The molecule has 0 spiro atoms. The van der Waals surface area contributed by atoms with E-state index in [1.165, 1.54) is 17.7 Å². The van der Waals surface area contributed by atoms with Crippen molar-refractivity contribution in [3.63, 3.8) is 0 Å². The fraction of sp³-hybridized carbons (Fsp3) is 0.600. The first-order chi connectivity index (χ1) is 6.40. The van der Waals surface area contributed by atoms with Crippen LogP contribution >= 0.6 is 11.3 Å². The lowest BCUT2D eigenvalue weighted by Crippen LogP contribution is -2.30. The highest BCUT2D eigenvalue weighted by atomic mass is 32.1. The van der Waals surface area contributed by atoms with Gasteiger partial charge in [-0.15, -0.1) is 11.3 Å². The average Bonchev–Trinajstić information content (AvgIpc) is 2.85. The van der Waals surface area contributed by atoms with Gasteiger partial charge in [-0.25, -0.2) is 0 Å². The SMILES string of the molecule is NCCN(Cc1cccs1)C1CC1. The number of nitrogens with zero attached hydrogens (tertiary/aromatic N) is 1. The van der Waals surface area contributed by atoms with E-state index in [0.29, 0.717) is 0 Å². The normalized spacial score (nSPS) is 16.8. The van der Waals surface area contributed by atoms with E-state index in [4.69, 9.17) is 5.73 Å². The van der Waals surface area contributed by atoms with Crippen molar-refractivity contribution in [2.45, 2.75) is 25.4 Å². The summed E-state index contributed by atoms with van der Waals surface area (Å²) in [5.74, 6) is 0. The Morgan fingerprint density at radius 2 is 2.38 bits per heavy atom. The summed E-state index contributed by atoms with van der Waals surface area (Å²) in [6, 6.07) is 5.15. The Balaban J connectivity index is 1.89. The van der Waals surface area contributed by atoms with E-state index in [2.05, 4.69) is 22.4 Å². The van der Waals surface area contributed by atoms with E-state index in [9.17, 15) is 0 Å². The van der Waals surface area contributed by atoms with Crippen LogP contribution in [0, 0.1) is 0 Å². The molecule has 0 saturated heterocycles. The summed E-state index contributed by atoms with van der Waals surface area (Å²) in [6.45, 7) is 2.92. The molecular formula is C10H16N2S. The Bertz CT molecular complexity index is 241. The van der Waals surface area contributed by atoms with Crippen molar-refractivity contribution in [1.29, 1.82) is 0 Å². The maximum Gasteiger partial charge on any atom is 0.0331 e. The van der Waals surface area contributed by atoms with Gasteiger partial charge in [0.15, 0.2) is 0 Å². The van der Waals surface area contributed by atoms with Gasteiger partial charge >= 0.3 is 0 Å². The Hall–Kier alpha value is -0.380. The van der Waals surface area contributed by atoms with Crippen LogP contribution in [0.2, 0.25) is 0 Å². The van der Waals surface area contributed by atoms with Crippen LogP contribution in [0.5, 0.6) is 0 Å². The highest BCUT2D eigenvalue weighted by molar-refractivity contribution is 7.09. The maximum atomic E-state index is 5.59. The van der Waals surface area contributed by atoms with Crippen molar-refractivity contribution in [3.05, 3.63) is 22.4 Å². The topological polar surface area (TPSA) is 29.3 Å². The van der Waals surface area contributed by atoms with Gasteiger partial charge in [0.2, 0.25) is 0 Å². The van der Waals surface area contributed by atoms with Crippen LogP contribution in [0.1, 0.15) is 17.7 Å². The van der Waals surface area contributed by atoms with Gasteiger partial charge in [0, 0.05) is 30.6 Å². The van der Waals surface area contributed by atoms with E-state index in [0.717, 1.165) is 25.7 Å². The molecule has 1 aliphatic rings. The zero-order chi connectivity index (χ0) is 9.10. The molecule has 1 fully saturated rings. The highest BCUT2D eigenvalue weighted by Gasteiger charge is 2.28. The lowest BCUT2D eigenvalue weighted by Gasteiger charge is -2.19. The van der Waals surface area contributed by atoms with Gasteiger partial charge in [-0.3, -0.25) is 4.90 Å². The van der Waals surface area contributed by atoms with Gasteiger partial charge in [0.05, 0.1) is 0 Å².